The molecule has 0 aliphatic carbocycles. The van der Waals surface area contributed by atoms with E-state index in [1.165, 1.54) is 19.1 Å². The van der Waals surface area contributed by atoms with Crippen LogP contribution in [-0.4, -0.2) is 5.78 Å². The predicted molar refractivity (Wildman–Crippen MR) is 66.6 cm³/mol. The SMILES string of the molecule is CC(=O)c1cc(-c2cccc(F)c2)ccc1C. The normalized spacial score (nSPS) is 10.3. The van der Waals surface area contributed by atoms with Crippen LogP contribution in [0.25, 0.3) is 11.1 Å². The highest BCUT2D eigenvalue weighted by atomic mass is 19.1. The van der Waals surface area contributed by atoms with Gasteiger partial charge in [0.05, 0.1) is 0 Å². The molecule has 0 N–H and O–H groups in total. The molecule has 2 heteroatoms. The van der Waals surface area contributed by atoms with E-state index in [2.05, 4.69) is 0 Å². The number of carbonyl (C=O) groups is 1. The molecule has 0 unspecified atom stereocenters. The maximum Gasteiger partial charge on any atom is 0.160 e. The molecule has 0 aliphatic rings. The molecule has 0 radical (unpaired) electrons. The average molecular weight is 228 g/mol. The van der Waals surface area contributed by atoms with E-state index >= 15 is 0 Å². The first-order valence-corrected chi connectivity index (χ1v) is 5.45. The van der Waals surface area contributed by atoms with E-state index in [1.54, 1.807) is 6.07 Å². The lowest BCUT2D eigenvalue weighted by Crippen LogP contribution is -1.96. The third kappa shape index (κ3) is 2.41. The predicted octanol–water partition coefficient (Wildman–Crippen LogP) is 4.00. The average Bonchev–Trinajstić information content (AvgIpc) is 2.29. The van der Waals surface area contributed by atoms with E-state index in [1.807, 2.05) is 31.2 Å². The minimum Gasteiger partial charge on any atom is -0.295 e. The van der Waals surface area contributed by atoms with E-state index in [4.69, 9.17) is 0 Å². The van der Waals surface area contributed by atoms with Crippen molar-refractivity contribution in [2.45, 2.75) is 13.8 Å². The second-order valence-electron chi connectivity index (χ2n) is 4.10. The zero-order valence-corrected chi connectivity index (χ0v) is 9.83. The van der Waals surface area contributed by atoms with E-state index in [0.717, 1.165) is 16.7 Å². The molecule has 17 heavy (non-hydrogen) atoms. The van der Waals surface area contributed by atoms with Gasteiger partial charge in [-0.05, 0) is 48.7 Å². The fourth-order valence-corrected chi connectivity index (χ4v) is 1.85. The highest BCUT2D eigenvalue weighted by Crippen LogP contribution is 2.23. The summed E-state index contributed by atoms with van der Waals surface area (Å²) in [5, 5.41) is 0. The number of halogens is 1. The first-order valence-electron chi connectivity index (χ1n) is 5.45. The second kappa shape index (κ2) is 4.50. The van der Waals surface area contributed by atoms with Gasteiger partial charge < -0.3 is 0 Å². The minimum absolute atomic E-state index is 0.0285. The van der Waals surface area contributed by atoms with Crippen molar-refractivity contribution in [2.24, 2.45) is 0 Å². The smallest absolute Gasteiger partial charge is 0.160 e. The number of rotatable bonds is 2. The summed E-state index contributed by atoms with van der Waals surface area (Å²) in [5.74, 6) is -0.242. The van der Waals surface area contributed by atoms with E-state index in [0.29, 0.717) is 5.56 Å². The Hall–Kier alpha value is -1.96. The first kappa shape index (κ1) is 11.5. The molecule has 0 bridgehead atoms. The zero-order valence-electron chi connectivity index (χ0n) is 9.83. The standard InChI is InChI=1S/C15H13FO/c1-10-6-7-13(9-15(10)11(2)17)12-4-3-5-14(16)8-12/h3-9H,1-2H3. The van der Waals surface area contributed by atoms with Gasteiger partial charge in [0.2, 0.25) is 0 Å². The van der Waals surface area contributed by atoms with Crippen LogP contribution in [0.1, 0.15) is 22.8 Å². The Morgan fingerprint density at radius 2 is 1.76 bits per heavy atom. The molecule has 0 saturated carbocycles. The van der Waals surface area contributed by atoms with Gasteiger partial charge in [-0.25, -0.2) is 4.39 Å². The Morgan fingerprint density at radius 1 is 1.06 bits per heavy atom. The van der Waals surface area contributed by atoms with Gasteiger partial charge in [0.15, 0.2) is 5.78 Å². The number of benzene rings is 2. The Kier molecular flexibility index (Phi) is 3.05. The van der Waals surface area contributed by atoms with Crippen molar-refractivity contribution in [2.75, 3.05) is 0 Å². The lowest BCUT2D eigenvalue weighted by molar-refractivity contribution is 0.101. The van der Waals surface area contributed by atoms with Crippen molar-refractivity contribution in [3.63, 3.8) is 0 Å². The molecule has 0 aromatic heterocycles. The third-order valence-corrected chi connectivity index (χ3v) is 2.77. The first-order chi connectivity index (χ1) is 8.08. The molecule has 0 aliphatic heterocycles. The lowest BCUT2D eigenvalue weighted by atomic mass is 9.98. The van der Waals surface area contributed by atoms with Crippen molar-refractivity contribution in [3.8, 4) is 11.1 Å². The highest BCUT2D eigenvalue weighted by molar-refractivity contribution is 5.96. The maximum atomic E-state index is 13.1. The molecule has 0 atom stereocenters. The molecule has 2 rings (SSSR count). The molecular formula is C15H13FO. The van der Waals surface area contributed by atoms with Crippen molar-refractivity contribution in [1.82, 2.24) is 0 Å². The fourth-order valence-electron chi connectivity index (χ4n) is 1.85. The van der Waals surface area contributed by atoms with Crippen molar-refractivity contribution >= 4 is 5.78 Å². The number of carbonyl (C=O) groups excluding carboxylic acids is 1. The van der Waals surface area contributed by atoms with Crippen molar-refractivity contribution in [1.29, 1.82) is 0 Å². The lowest BCUT2D eigenvalue weighted by Gasteiger charge is -2.06. The summed E-state index contributed by atoms with van der Waals surface area (Å²) in [6.45, 7) is 3.43. The maximum absolute atomic E-state index is 13.1. The molecule has 0 heterocycles. The van der Waals surface area contributed by atoms with Crippen LogP contribution in [0.2, 0.25) is 0 Å². The minimum atomic E-state index is -0.271. The van der Waals surface area contributed by atoms with Gasteiger partial charge in [-0.3, -0.25) is 4.79 Å². The van der Waals surface area contributed by atoms with Crippen LogP contribution in [0.15, 0.2) is 42.5 Å². The molecule has 0 spiro atoms. The quantitative estimate of drug-likeness (QED) is 0.710. The second-order valence-corrected chi connectivity index (χ2v) is 4.10. The number of ketones is 1. The van der Waals surface area contributed by atoms with Gasteiger partial charge in [0.25, 0.3) is 0 Å². The number of hydrogen-bond donors (Lipinski definition) is 0. The largest absolute Gasteiger partial charge is 0.295 e. The van der Waals surface area contributed by atoms with Gasteiger partial charge >= 0.3 is 0 Å². The Bertz CT molecular complexity index is 573. The molecular weight excluding hydrogens is 215 g/mol. The summed E-state index contributed by atoms with van der Waals surface area (Å²) in [6.07, 6.45) is 0. The summed E-state index contributed by atoms with van der Waals surface area (Å²) < 4.78 is 13.1. The molecule has 2 aromatic rings. The Labute approximate surface area is 99.9 Å². The Balaban J connectivity index is 2.54. The highest BCUT2D eigenvalue weighted by Gasteiger charge is 2.06. The van der Waals surface area contributed by atoms with Crippen LogP contribution in [0.4, 0.5) is 4.39 Å². The van der Waals surface area contributed by atoms with E-state index in [-0.39, 0.29) is 11.6 Å². The summed E-state index contributed by atoms with van der Waals surface area (Å²) in [6, 6.07) is 12.0. The number of Topliss-reactive ketones (excluding diaryl/α,β-unsaturated/α-hetero) is 1. The van der Waals surface area contributed by atoms with Crippen LogP contribution in [0, 0.1) is 12.7 Å². The third-order valence-electron chi connectivity index (χ3n) is 2.77. The van der Waals surface area contributed by atoms with Crippen LogP contribution < -0.4 is 0 Å². The van der Waals surface area contributed by atoms with Gasteiger partial charge in [-0.2, -0.15) is 0 Å². The Morgan fingerprint density at radius 3 is 2.41 bits per heavy atom. The zero-order chi connectivity index (χ0) is 12.4. The monoisotopic (exact) mass is 228 g/mol. The summed E-state index contributed by atoms with van der Waals surface area (Å²) >= 11 is 0. The van der Waals surface area contributed by atoms with Gasteiger partial charge in [0.1, 0.15) is 5.82 Å². The summed E-state index contributed by atoms with van der Waals surface area (Å²) in [5.41, 5.74) is 3.28. The fraction of sp³-hybridized carbons (Fsp3) is 0.133. The van der Waals surface area contributed by atoms with Crippen LogP contribution in [0.3, 0.4) is 0 Å². The van der Waals surface area contributed by atoms with Gasteiger partial charge in [-0.15, -0.1) is 0 Å². The summed E-state index contributed by atoms with van der Waals surface area (Å²) in [4.78, 5) is 11.4. The molecule has 1 nitrogen and oxygen atoms in total. The van der Waals surface area contributed by atoms with Crippen LogP contribution >= 0.6 is 0 Å². The van der Waals surface area contributed by atoms with Gasteiger partial charge in [0, 0.05) is 5.56 Å². The number of hydrogen-bond acceptors (Lipinski definition) is 1. The van der Waals surface area contributed by atoms with Gasteiger partial charge in [-0.1, -0.05) is 24.3 Å². The van der Waals surface area contributed by atoms with Crippen molar-refractivity contribution < 1.29 is 9.18 Å². The molecule has 0 amide bonds. The summed E-state index contributed by atoms with van der Waals surface area (Å²) in [7, 11) is 0. The van der Waals surface area contributed by atoms with Crippen LogP contribution in [0.5, 0.6) is 0 Å². The number of aryl methyl sites for hydroxylation is 1. The molecule has 86 valence electrons. The molecule has 2 aromatic carbocycles. The van der Waals surface area contributed by atoms with E-state index in [9.17, 15) is 9.18 Å². The topological polar surface area (TPSA) is 17.1 Å². The molecule has 0 fully saturated rings. The van der Waals surface area contributed by atoms with E-state index < -0.39 is 0 Å². The van der Waals surface area contributed by atoms with Crippen LogP contribution in [-0.2, 0) is 0 Å². The molecule has 0 saturated heterocycles. The van der Waals surface area contributed by atoms with Crippen molar-refractivity contribution in [3.05, 3.63) is 59.4 Å².